The molecule has 0 saturated heterocycles. The zero-order chi connectivity index (χ0) is 10.9. The summed E-state index contributed by atoms with van der Waals surface area (Å²) >= 11 is 0. The summed E-state index contributed by atoms with van der Waals surface area (Å²) in [4.78, 5) is 0. The molecule has 1 nitrogen and oxygen atoms in total. The molecule has 0 bridgehead atoms. The molecule has 0 saturated carbocycles. The van der Waals surface area contributed by atoms with E-state index in [1.54, 1.807) is 0 Å². The van der Waals surface area contributed by atoms with Gasteiger partial charge < -0.3 is 4.74 Å². The van der Waals surface area contributed by atoms with Crippen LogP contribution < -0.4 is 0 Å². The Kier molecular flexibility index (Phi) is 5.42. The molecule has 0 atom stereocenters. The van der Waals surface area contributed by atoms with E-state index in [0.717, 1.165) is 5.56 Å². The van der Waals surface area contributed by atoms with Crippen molar-refractivity contribution in [3.63, 3.8) is 0 Å². The van der Waals surface area contributed by atoms with Crippen LogP contribution in [0.3, 0.4) is 0 Å². The highest BCUT2D eigenvalue weighted by Crippen LogP contribution is 1.98. The summed E-state index contributed by atoms with van der Waals surface area (Å²) in [5.41, 5.74) is 0.937. The highest BCUT2D eigenvalue weighted by Gasteiger charge is 1.98. The van der Waals surface area contributed by atoms with Crippen molar-refractivity contribution in [3.8, 4) is 11.8 Å². The molecule has 0 aromatic heterocycles. The second kappa shape index (κ2) is 6.97. The fraction of sp³-hybridized carbons (Fsp3) is 0.333. The largest absolute Gasteiger partial charge is 0.345 e. The minimum absolute atomic E-state index is 0.0567. The van der Waals surface area contributed by atoms with Crippen molar-refractivity contribution in [2.24, 2.45) is 0 Å². The van der Waals surface area contributed by atoms with E-state index in [0.29, 0.717) is 12.8 Å². The van der Waals surface area contributed by atoms with E-state index >= 15 is 0 Å². The van der Waals surface area contributed by atoms with Crippen molar-refractivity contribution in [1.82, 2.24) is 0 Å². The highest BCUT2D eigenvalue weighted by atomic mass is 19.3. The van der Waals surface area contributed by atoms with E-state index in [1.165, 1.54) is 0 Å². The molecule has 3 heteroatoms. The predicted molar refractivity (Wildman–Crippen MR) is 54.5 cm³/mol. The van der Waals surface area contributed by atoms with Gasteiger partial charge in [-0.25, -0.2) is 0 Å². The van der Waals surface area contributed by atoms with E-state index in [1.807, 2.05) is 30.3 Å². The topological polar surface area (TPSA) is 9.23 Å². The zero-order valence-electron chi connectivity index (χ0n) is 8.25. The standard InChI is InChI=1S/C12H12F2O/c13-12(14)15-10-6-2-5-9-11-7-3-1-4-8-11/h1,3-4,7-8,12H,2,6,10H2. The van der Waals surface area contributed by atoms with Crippen molar-refractivity contribution in [1.29, 1.82) is 0 Å². The molecular weight excluding hydrogens is 198 g/mol. The normalized spacial score (nSPS) is 9.80. The summed E-state index contributed by atoms with van der Waals surface area (Å²) < 4.78 is 27.2. The molecule has 0 radical (unpaired) electrons. The third kappa shape index (κ3) is 5.82. The second-order valence-electron chi connectivity index (χ2n) is 2.90. The van der Waals surface area contributed by atoms with Crippen molar-refractivity contribution in [3.05, 3.63) is 35.9 Å². The molecule has 0 N–H and O–H groups in total. The van der Waals surface area contributed by atoms with Crippen molar-refractivity contribution in [2.45, 2.75) is 19.5 Å². The maximum atomic E-state index is 11.6. The Morgan fingerprint density at radius 1 is 1.20 bits per heavy atom. The number of benzene rings is 1. The van der Waals surface area contributed by atoms with Crippen LogP contribution in [0.25, 0.3) is 0 Å². The summed E-state index contributed by atoms with van der Waals surface area (Å²) in [7, 11) is 0. The van der Waals surface area contributed by atoms with Gasteiger partial charge in [-0.05, 0) is 18.6 Å². The maximum Gasteiger partial charge on any atom is 0.345 e. The zero-order valence-corrected chi connectivity index (χ0v) is 8.25. The van der Waals surface area contributed by atoms with Crippen LogP contribution in [-0.4, -0.2) is 13.2 Å². The average Bonchev–Trinajstić information content (AvgIpc) is 2.24. The molecule has 0 heterocycles. The average molecular weight is 210 g/mol. The van der Waals surface area contributed by atoms with Gasteiger partial charge in [0.25, 0.3) is 0 Å². The minimum atomic E-state index is -2.67. The molecule has 15 heavy (non-hydrogen) atoms. The molecule has 0 aliphatic rings. The Hall–Kier alpha value is -1.40. The van der Waals surface area contributed by atoms with Crippen LogP contribution in [0.5, 0.6) is 0 Å². The highest BCUT2D eigenvalue weighted by molar-refractivity contribution is 5.33. The fourth-order valence-corrected chi connectivity index (χ4v) is 1.02. The van der Waals surface area contributed by atoms with Gasteiger partial charge in [0.2, 0.25) is 0 Å². The van der Waals surface area contributed by atoms with E-state index in [-0.39, 0.29) is 6.61 Å². The van der Waals surface area contributed by atoms with Crippen LogP contribution in [0.15, 0.2) is 30.3 Å². The SMILES string of the molecule is FC(F)OCCCC#Cc1ccccc1. The lowest BCUT2D eigenvalue weighted by Gasteiger charge is -1.98. The Bertz CT molecular complexity index is 324. The molecule has 0 aliphatic carbocycles. The van der Waals surface area contributed by atoms with E-state index in [9.17, 15) is 8.78 Å². The first-order valence-electron chi connectivity index (χ1n) is 4.73. The van der Waals surface area contributed by atoms with Gasteiger partial charge in [0.1, 0.15) is 0 Å². The molecule has 1 aromatic carbocycles. The molecule has 0 spiro atoms. The Morgan fingerprint density at radius 2 is 1.93 bits per heavy atom. The van der Waals surface area contributed by atoms with Crippen LogP contribution in [0.1, 0.15) is 18.4 Å². The van der Waals surface area contributed by atoms with Crippen LogP contribution in [0.4, 0.5) is 8.78 Å². The maximum absolute atomic E-state index is 11.6. The number of alkyl halides is 2. The lowest BCUT2D eigenvalue weighted by molar-refractivity contribution is -0.128. The molecule has 0 fully saturated rings. The van der Waals surface area contributed by atoms with Gasteiger partial charge in [0.05, 0.1) is 6.61 Å². The van der Waals surface area contributed by atoms with Crippen molar-refractivity contribution < 1.29 is 13.5 Å². The monoisotopic (exact) mass is 210 g/mol. The quantitative estimate of drug-likeness (QED) is 0.548. The number of halogens is 2. The number of unbranched alkanes of at least 4 members (excludes halogenated alkanes) is 1. The number of hydrogen-bond acceptors (Lipinski definition) is 1. The molecule has 0 unspecified atom stereocenters. The summed E-state index contributed by atoms with van der Waals surface area (Å²) in [6.07, 6.45) is 1.10. The molecular formula is C12H12F2O. The summed E-state index contributed by atoms with van der Waals surface area (Å²) in [6.45, 7) is -2.62. The molecule has 0 aliphatic heterocycles. The van der Waals surface area contributed by atoms with Gasteiger partial charge in [-0.2, -0.15) is 8.78 Å². The van der Waals surface area contributed by atoms with Crippen molar-refractivity contribution >= 4 is 0 Å². The molecule has 0 amide bonds. The van der Waals surface area contributed by atoms with Crippen molar-refractivity contribution in [2.75, 3.05) is 6.61 Å². The summed E-state index contributed by atoms with van der Waals surface area (Å²) in [6, 6.07) is 9.54. The minimum Gasteiger partial charge on any atom is -0.323 e. The fourth-order valence-electron chi connectivity index (χ4n) is 1.02. The Labute approximate surface area is 88.1 Å². The molecule has 1 aromatic rings. The molecule has 1 rings (SSSR count). The smallest absolute Gasteiger partial charge is 0.323 e. The first kappa shape index (κ1) is 11.7. The Morgan fingerprint density at radius 3 is 2.60 bits per heavy atom. The van der Waals surface area contributed by atoms with Crippen LogP contribution >= 0.6 is 0 Å². The summed E-state index contributed by atoms with van der Waals surface area (Å²) in [5.74, 6) is 5.84. The molecule has 80 valence electrons. The van der Waals surface area contributed by atoms with Crippen LogP contribution in [-0.2, 0) is 4.74 Å². The third-order valence-corrected chi connectivity index (χ3v) is 1.70. The van der Waals surface area contributed by atoms with Gasteiger partial charge in [0.15, 0.2) is 0 Å². The predicted octanol–water partition coefficient (Wildman–Crippen LogP) is 3.06. The second-order valence-corrected chi connectivity index (χ2v) is 2.90. The van der Waals surface area contributed by atoms with E-state index in [2.05, 4.69) is 16.6 Å². The van der Waals surface area contributed by atoms with E-state index in [4.69, 9.17) is 0 Å². The number of rotatable bonds is 4. The number of hydrogen-bond donors (Lipinski definition) is 0. The van der Waals surface area contributed by atoms with Crippen LogP contribution in [0.2, 0.25) is 0 Å². The third-order valence-electron chi connectivity index (χ3n) is 1.70. The van der Waals surface area contributed by atoms with Gasteiger partial charge in [0, 0.05) is 12.0 Å². The van der Waals surface area contributed by atoms with Gasteiger partial charge in [-0.3, -0.25) is 0 Å². The van der Waals surface area contributed by atoms with Gasteiger partial charge in [-0.1, -0.05) is 30.0 Å². The Balaban J connectivity index is 2.18. The van der Waals surface area contributed by atoms with Gasteiger partial charge >= 0.3 is 6.61 Å². The first-order chi connectivity index (χ1) is 7.29. The van der Waals surface area contributed by atoms with Crippen LogP contribution in [0, 0.1) is 11.8 Å². The number of ether oxygens (including phenoxy) is 1. The van der Waals surface area contributed by atoms with E-state index < -0.39 is 6.61 Å². The first-order valence-corrected chi connectivity index (χ1v) is 4.73. The lowest BCUT2D eigenvalue weighted by Crippen LogP contribution is -1.99. The van der Waals surface area contributed by atoms with Gasteiger partial charge in [-0.15, -0.1) is 0 Å². The summed E-state index contributed by atoms with van der Waals surface area (Å²) in [5, 5.41) is 0. The lowest BCUT2D eigenvalue weighted by atomic mass is 10.2.